The first-order valence-corrected chi connectivity index (χ1v) is 11.4. The van der Waals surface area contributed by atoms with Gasteiger partial charge >= 0.3 is 0 Å². The molecule has 0 saturated carbocycles. The molecule has 176 valence electrons. The normalized spacial score (nSPS) is 28.3. The molecule has 9 nitrogen and oxygen atoms in total. The number of carbonyl (C=O) groups excluding carboxylic acids is 4. The smallest absolute Gasteiger partial charge is 0.257 e. The molecule has 2 amide bonds. The molecule has 1 saturated heterocycles. The summed E-state index contributed by atoms with van der Waals surface area (Å²) in [6, 6.07) is 2.94. The Morgan fingerprint density at radius 3 is 2.47 bits per heavy atom. The van der Waals surface area contributed by atoms with E-state index in [1.165, 1.54) is 26.4 Å². The number of hydrogen-bond donors (Lipinski definition) is 2. The van der Waals surface area contributed by atoms with Crippen LogP contribution in [0.4, 0.5) is 0 Å². The third-order valence-corrected chi connectivity index (χ3v) is 7.73. The molecular formula is C24H20BrNO8. The first kappa shape index (κ1) is 22.5. The summed E-state index contributed by atoms with van der Waals surface area (Å²) in [4.78, 5) is 51.6. The zero-order valence-corrected chi connectivity index (χ0v) is 19.8. The van der Waals surface area contributed by atoms with E-state index in [0.29, 0.717) is 11.3 Å². The number of carbonyl (C=O) groups is 4. The molecule has 1 aromatic carbocycles. The summed E-state index contributed by atoms with van der Waals surface area (Å²) in [6.07, 6.45) is 3.21. The number of hydroxylamine groups is 2. The van der Waals surface area contributed by atoms with Crippen LogP contribution < -0.4 is 9.47 Å². The summed E-state index contributed by atoms with van der Waals surface area (Å²) in [7, 11) is 2.84. The average Bonchev–Trinajstić information content (AvgIpc) is 3.05. The van der Waals surface area contributed by atoms with Crippen LogP contribution in [0.1, 0.15) is 24.3 Å². The Hall–Kier alpha value is -3.24. The summed E-state index contributed by atoms with van der Waals surface area (Å²) >= 11 is 3.15. The molecule has 4 atom stereocenters. The zero-order valence-electron chi connectivity index (χ0n) is 18.2. The summed E-state index contributed by atoms with van der Waals surface area (Å²) in [5, 5.41) is 21.2. The highest BCUT2D eigenvalue weighted by atomic mass is 79.9. The van der Waals surface area contributed by atoms with Gasteiger partial charge in [-0.2, -0.15) is 5.06 Å². The molecule has 2 N–H and O–H groups in total. The molecule has 1 heterocycles. The fraction of sp³-hybridized carbons (Fsp3) is 0.333. The lowest BCUT2D eigenvalue weighted by atomic mass is 9.59. The second-order valence-electron chi connectivity index (χ2n) is 8.64. The number of imide groups is 1. The quantitative estimate of drug-likeness (QED) is 0.264. The summed E-state index contributed by atoms with van der Waals surface area (Å²) < 4.78 is 10.8. The predicted octanol–water partition coefficient (Wildman–Crippen LogP) is 2.56. The molecule has 1 aliphatic heterocycles. The molecule has 0 radical (unpaired) electrons. The van der Waals surface area contributed by atoms with Crippen LogP contribution in [0, 0.1) is 17.8 Å². The number of allylic oxidation sites excluding steroid dienone is 6. The van der Waals surface area contributed by atoms with E-state index in [0.717, 1.165) is 0 Å². The van der Waals surface area contributed by atoms with Crippen LogP contribution in [0.25, 0.3) is 0 Å². The van der Waals surface area contributed by atoms with Gasteiger partial charge < -0.3 is 14.6 Å². The Kier molecular flexibility index (Phi) is 5.25. The first-order chi connectivity index (χ1) is 16.2. The number of halogens is 1. The van der Waals surface area contributed by atoms with Crippen LogP contribution in [0.15, 0.2) is 45.5 Å². The number of Topliss-reactive ketones (excluding diaryl/α,β-unsaturated/α-hetero) is 1. The van der Waals surface area contributed by atoms with Crippen molar-refractivity contribution in [3.63, 3.8) is 0 Å². The highest BCUT2D eigenvalue weighted by Gasteiger charge is 2.57. The molecule has 0 bridgehead atoms. The Bertz CT molecular complexity index is 1280. The lowest BCUT2D eigenvalue weighted by Crippen LogP contribution is -2.39. The third kappa shape index (κ3) is 3.01. The average molecular weight is 530 g/mol. The maximum absolute atomic E-state index is 13.2. The standard InChI is InChI=1S/C24H20BrNO8/c1-33-9-5-15(27)21(17(6-9)34-2)20-10-3-4-11-18(24(31)26(32)23(11)30)12(10)7-13-19(20)16(28)8-14(25)22(13)29/h3,5-6,8,11-12,18,20,27,32H,4,7H2,1-2H3/t11-,12+,18-,20-/m0/s1. The van der Waals surface area contributed by atoms with Gasteiger partial charge in [0, 0.05) is 40.8 Å². The van der Waals surface area contributed by atoms with Crippen LogP contribution >= 0.6 is 15.9 Å². The Labute approximate surface area is 202 Å². The van der Waals surface area contributed by atoms with Crippen molar-refractivity contribution in [3.8, 4) is 17.2 Å². The molecule has 4 aliphatic rings. The number of ether oxygens (including phenoxy) is 2. The van der Waals surface area contributed by atoms with Crippen LogP contribution in [0.5, 0.6) is 17.2 Å². The maximum atomic E-state index is 13.2. The summed E-state index contributed by atoms with van der Waals surface area (Å²) in [5.74, 6) is -5.00. The van der Waals surface area contributed by atoms with Gasteiger partial charge in [-0.3, -0.25) is 24.4 Å². The van der Waals surface area contributed by atoms with Gasteiger partial charge in [-0.05, 0) is 34.7 Å². The SMILES string of the molecule is COc1cc(O)c([C@H]2C3=CC[C@@H]4C(=O)N(O)C(=O)[C@@H]4[C@@H]3CC3=C2C(=O)C=C(Br)C3=O)c(OC)c1. The number of ketones is 2. The fourth-order valence-corrected chi connectivity index (χ4v) is 6.13. The monoisotopic (exact) mass is 529 g/mol. The Morgan fingerprint density at radius 1 is 1.06 bits per heavy atom. The third-order valence-electron chi connectivity index (χ3n) is 7.15. The number of nitrogens with zero attached hydrogens (tertiary/aromatic N) is 1. The van der Waals surface area contributed by atoms with Gasteiger partial charge in [-0.25, -0.2) is 0 Å². The number of amides is 2. The number of methoxy groups -OCH3 is 2. The molecule has 1 aromatic rings. The van der Waals surface area contributed by atoms with E-state index in [1.807, 2.05) is 0 Å². The van der Waals surface area contributed by atoms with Gasteiger partial charge in [0.1, 0.15) is 17.2 Å². The summed E-state index contributed by atoms with van der Waals surface area (Å²) in [6.45, 7) is 0. The lowest BCUT2D eigenvalue weighted by Gasteiger charge is -2.42. The number of phenolic OH excluding ortho intramolecular Hbond substituents is 1. The van der Waals surface area contributed by atoms with Crippen molar-refractivity contribution >= 4 is 39.3 Å². The number of hydrogen-bond acceptors (Lipinski definition) is 8. The van der Waals surface area contributed by atoms with Crippen LogP contribution in [0.2, 0.25) is 0 Å². The minimum absolute atomic E-state index is 0.0540. The van der Waals surface area contributed by atoms with Crippen LogP contribution in [-0.4, -0.2) is 53.0 Å². The summed E-state index contributed by atoms with van der Waals surface area (Å²) in [5.41, 5.74) is 1.30. The number of phenols is 1. The molecule has 0 unspecified atom stereocenters. The number of fused-ring (bicyclic) bond motifs is 3. The lowest BCUT2D eigenvalue weighted by molar-refractivity contribution is -0.173. The predicted molar refractivity (Wildman–Crippen MR) is 119 cm³/mol. The van der Waals surface area contributed by atoms with E-state index in [1.54, 1.807) is 12.1 Å². The maximum Gasteiger partial charge on any atom is 0.257 e. The van der Waals surface area contributed by atoms with Gasteiger partial charge in [-0.15, -0.1) is 0 Å². The van der Waals surface area contributed by atoms with Crippen molar-refractivity contribution in [3.05, 3.63) is 51.0 Å². The second kappa shape index (κ2) is 7.92. The van der Waals surface area contributed by atoms with Crippen molar-refractivity contribution in [1.82, 2.24) is 5.06 Å². The highest BCUT2D eigenvalue weighted by molar-refractivity contribution is 9.12. The first-order valence-electron chi connectivity index (χ1n) is 10.6. The number of benzene rings is 1. The van der Waals surface area contributed by atoms with Gasteiger partial charge in [0.25, 0.3) is 11.8 Å². The zero-order chi connectivity index (χ0) is 24.5. The topological polar surface area (TPSA) is 130 Å². The van der Waals surface area contributed by atoms with E-state index >= 15 is 0 Å². The molecule has 0 spiro atoms. The Morgan fingerprint density at radius 2 is 1.79 bits per heavy atom. The van der Waals surface area contributed by atoms with E-state index < -0.39 is 47.1 Å². The van der Waals surface area contributed by atoms with Crippen molar-refractivity contribution in [2.24, 2.45) is 17.8 Å². The van der Waals surface area contributed by atoms with Gasteiger partial charge in [0.15, 0.2) is 11.6 Å². The van der Waals surface area contributed by atoms with Crippen molar-refractivity contribution in [1.29, 1.82) is 0 Å². The molecule has 34 heavy (non-hydrogen) atoms. The molecule has 0 aromatic heterocycles. The Balaban J connectivity index is 1.77. The van der Waals surface area contributed by atoms with E-state index in [-0.39, 0.29) is 50.6 Å². The van der Waals surface area contributed by atoms with Crippen molar-refractivity contribution in [2.75, 3.05) is 14.2 Å². The van der Waals surface area contributed by atoms with Gasteiger partial charge in [-0.1, -0.05) is 11.6 Å². The van der Waals surface area contributed by atoms with E-state index in [9.17, 15) is 29.5 Å². The van der Waals surface area contributed by atoms with Crippen LogP contribution in [0.3, 0.4) is 0 Å². The van der Waals surface area contributed by atoms with Crippen molar-refractivity contribution in [2.45, 2.75) is 18.8 Å². The minimum atomic E-state index is -0.889. The van der Waals surface area contributed by atoms with Crippen molar-refractivity contribution < 1.29 is 39.0 Å². The minimum Gasteiger partial charge on any atom is -0.507 e. The number of rotatable bonds is 3. The fourth-order valence-electron chi connectivity index (χ4n) is 5.69. The highest BCUT2D eigenvalue weighted by Crippen LogP contribution is 2.57. The largest absolute Gasteiger partial charge is 0.507 e. The van der Waals surface area contributed by atoms with E-state index in [4.69, 9.17) is 9.47 Å². The molecule has 1 fully saturated rings. The molecular weight excluding hydrogens is 510 g/mol. The number of aromatic hydroxyl groups is 1. The van der Waals surface area contributed by atoms with Crippen LogP contribution in [-0.2, 0) is 19.2 Å². The molecule has 10 heteroatoms. The van der Waals surface area contributed by atoms with Gasteiger partial charge in [0.2, 0.25) is 0 Å². The second-order valence-corrected chi connectivity index (χ2v) is 9.50. The molecule has 5 rings (SSSR count). The van der Waals surface area contributed by atoms with E-state index in [2.05, 4.69) is 15.9 Å². The van der Waals surface area contributed by atoms with Gasteiger partial charge in [0.05, 0.1) is 30.5 Å². The molecule has 3 aliphatic carbocycles.